The minimum atomic E-state index is -1.05. The van der Waals surface area contributed by atoms with Gasteiger partial charge in [0.25, 0.3) is 0 Å². The number of halogens is 2. The van der Waals surface area contributed by atoms with Crippen molar-refractivity contribution in [3.05, 3.63) is 30.1 Å². The Morgan fingerprint density at radius 3 is 2.24 bits per heavy atom. The molecule has 0 saturated carbocycles. The van der Waals surface area contributed by atoms with Crippen LogP contribution in [0.2, 0.25) is 0 Å². The van der Waals surface area contributed by atoms with Crippen molar-refractivity contribution < 1.29 is 13.9 Å². The van der Waals surface area contributed by atoms with Gasteiger partial charge in [0.15, 0.2) is 0 Å². The lowest BCUT2D eigenvalue weighted by Gasteiger charge is -2.26. The van der Waals surface area contributed by atoms with Crippen LogP contribution in [0.25, 0.3) is 0 Å². The summed E-state index contributed by atoms with van der Waals surface area (Å²) in [7, 11) is 0. The van der Waals surface area contributed by atoms with Gasteiger partial charge in [-0.3, -0.25) is 0 Å². The van der Waals surface area contributed by atoms with E-state index < -0.39 is 11.5 Å². The Balaban J connectivity index is 0.00000256. The summed E-state index contributed by atoms with van der Waals surface area (Å²) in [4.78, 5) is 11.7. The van der Waals surface area contributed by atoms with Crippen molar-refractivity contribution >= 4 is 18.4 Å². The Morgan fingerprint density at radius 2 is 1.82 bits per heavy atom. The normalized spacial score (nSPS) is 13.8. The van der Waals surface area contributed by atoms with Crippen molar-refractivity contribution in [1.82, 2.24) is 0 Å². The molecule has 0 fully saturated rings. The third-order valence-electron chi connectivity index (χ3n) is 2.66. The van der Waals surface area contributed by atoms with Gasteiger partial charge in [-0.2, -0.15) is 0 Å². The van der Waals surface area contributed by atoms with Crippen LogP contribution in [0.4, 0.5) is 4.39 Å². The summed E-state index contributed by atoms with van der Waals surface area (Å²) in [6.07, 6.45) is 0. The topological polar surface area (TPSA) is 52.3 Å². The fourth-order valence-corrected chi connectivity index (χ4v) is 0.955. The molecule has 3 nitrogen and oxygen atoms in total. The third kappa shape index (κ3) is 3.98. The zero-order valence-electron chi connectivity index (χ0n) is 10.1. The van der Waals surface area contributed by atoms with Crippen LogP contribution < -0.4 is 10.5 Å². The van der Waals surface area contributed by atoms with Crippen LogP contribution in [0.1, 0.15) is 20.8 Å². The van der Waals surface area contributed by atoms with Gasteiger partial charge in [-0.25, -0.2) is 9.18 Å². The number of rotatable bonds is 3. The number of hydrogen-bond donors (Lipinski definition) is 1. The Kier molecular flexibility index (Phi) is 5.58. The van der Waals surface area contributed by atoms with E-state index in [1.165, 1.54) is 24.3 Å². The lowest BCUT2D eigenvalue weighted by atomic mass is 9.90. The summed E-state index contributed by atoms with van der Waals surface area (Å²) < 4.78 is 17.7. The van der Waals surface area contributed by atoms with Crippen LogP contribution in [0.5, 0.6) is 5.75 Å². The Bertz CT molecular complexity index is 377. The van der Waals surface area contributed by atoms with Gasteiger partial charge in [-0.1, -0.05) is 13.8 Å². The molecule has 0 aliphatic rings. The fraction of sp³-hybridized carbons (Fsp3) is 0.417. The molecule has 0 aliphatic heterocycles. The molecule has 5 heteroatoms. The summed E-state index contributed by atoms with van der Waals surface area (Å²) >= 11 is 0. The Morgan fingerprint density at radius 1 is 1.35 bits per heavy atom. The lowest BCUT2D eigenvalue weighted by Crippen LogP contribution is -2.51. The molecule has 0 spiro atoms. The van der Waals surface area contributed by atoms with Gasteiger partial charge in [0.05, 0.1) is 0 Å². The van der Waals surface area contributed by atoms with E-state index in [0.29, 0.717) is 5.75 Å². The highest BCUT2D eigenvalue weighted by molar-refractivity contribution is 5.85. The highest BCUT2D eigenvalue weighted by Crippen LogP contribution is 2.18. The number of benzene rings is 1. The predicted molar refractivity (Wildman–Crippen MR) is 66.7 cm³/mol. The second-order valence-corrected chi connectivity index (χ2v) is 4.28. The molecule has 96 valence electrons. The molecule has 0 bridgehead atoms. The first kappa shape index (κ1) is 15.9. The molecule has 0 aromatic heterocycles. The summed E-state index contributed by atoms with van der Waals surface area (Å²) in [6, 6.07) is 5.24. The quantitative estimate of drug-likeness (QED) is 0.672. The monoisotopic (exact) mass is 261 g/mol. The Labute approximate surface area is 107 Å². The SMILES string of the molecule is CC(C)C(C)(N)C(=O)Oc1ccc(F)cc1.Cl. The van der Waals surface area contributed by atoms with E-state index in [9.17, 15) is 9.18 Å². The highest BCUT2D eigenvalue weighted by atomic mass is 35.5. The smallest absolute Gasteiger partial charge is 0.331 e. The number of esters is 1. The average molecular weight is 262 g/mol. The van der Waals surface area contributed by atoms with E-state index in [4.69, 9.17) is 10.5 Å². The Hall–Kier alpha value is -1.13. The van der Waals surface area contributed by atoms with Gasteiger partial charge in [0.1, 0.15) is 17.1 Å². The van der Waals surface area contributed by atoms with Crippen LogP contribution in [0, 0.1) is 11.7 Å². The number of carbonyl (C=O) groups is 1. The first-order valence-corrected chi connectivity index (χ1v) is 5.10. The van der Waals surface area contributed by atoms with Gasteiger partial charge in [-0.05, 0) is 37.1 Å². The maximum absolute atomic E-state index is 12.6. The van der Waals surface area contributed by atoms with Crippen molar-refractivity contribution in [2.75, 3.05) is 0 Å². The highest BCUT2D eigenvalue weighted by Gasteiger charge is 2.34. The number of ether oxygens (including phenoxy) is 1. The van der Waals surface area contributed by atoms with E-state index in [1.807, 2.05) is 13.8 Å². The standard InChI is InChI=1S/C12H16FNO2.ClH/c1-8(2)12(3,14)11(15)16-10-6-4-9(13)5-7-10;/h4-8H,14H2,1-3H3;1H. The molecular formula is C12H17ClFNO2. The minimum Gasteiger partial charge on any atom is -0.425 e. The van der Waals surface area contributed by atoms with Crippen molar-refractivity contribution in [1.29, 1.82) is 0 Å². The molecule has 0 aliphatic carbocycles. The van der Waals surface area contributed by atoms with Crippen molar-refractivity contribution in [2.24, 2.45) is 11.7 Å². The van der Waals surface area contributed by atoms with E-state index in [2.05, 4.69) is 0 Å². The number of nitrogens with two attached hydrogens (primary N) is 1. The molecule has 0 saturated heterocycles. The summed E-state index contributed by atoms with van der Waals surface area (Å²) in [5, 5.41) is 0. The molecule has 2 N–H and O–H groups in total. The van der Waals surface area contributed by atoms with Gasteiger partial charge in [0, 0.05) is 0 Å². The van der Waals surface area contributed by atoms with E-state index in [-0.39, 0.29) is 24.1 Å². The molecule has 1 aromatic rings. The van der Waals surface area contributed by atoms with Gasteiger partial charge in [-0.15, -0.1) is 12.4 Å². The molecule has 1 atom stereocenters. The molecule has 1 unspecified atom stereocenters. The first-order chi connectivity index (χ1) is 7.34. The van der Waals surface area contributed by atoms with Crippen LogP contribution in [0.15, 0.2) is 24.3 Å². The van der Waals surface area contributed by atoms with Gasteiger partial charge >= 0.3 is 5.97 Å². The zero-order chi connectivity index (χ0) is 12.3. The van der Waals surface area contributed by atoms with E-state index in [0.717, 1.165) is 0 Å². The first-order valence-electron chi connectivity index (χ1n) is 5.10. The zero-order valence-corrected chi connectivity index (χ0v) is 10.9. The largest absolute Gasteiger partial charge is 0.425 e. The molecule has 0 heterocycles. The van der Waals surface area contributed by atoms with E-state index >= 15 is 0 Å². The van der Waals surface area contributed by atoms with Gasteiger partial charge in [0.2, 0.25) is 0 Å². The summed E-state index contributed by atoms with van der Waals surface area (Å²) in [6.45, 7) is 5.29. The lowest BCUT2D eigenvalue weighted by molar-refractivity contribution is -0.141. The molecule has 17 heavy (non-hydrogen) atoms. The maximum Gasteiger partial charge on any atom is 0.331 e. The van der Waals surface area contributed by atoms with Crippen LogP contribution in [0.3, 0.4) is 0 Å². The minimum absolute atomic E-state index is 0. The average Bonchev–Trinajstić information content (AvgIpc) is 2.21. The summed E-state index contributed by atoms with van der Waals surface area (Å²) in [5.41, 5.74) is 4.78. The fourth-order valence-electron chi connectivity index (χ4n) is 0.955. The predicted octanol–water partition coefficient (Wildman–Crippen LogP) is 2.53. The second kappa shape index (κ2) is 5.98. The summed E-state index contributed by atoms with van der Waals surface area (Å²) in [5.74, 6) is -0.641. The maximum atomic E-state index is 12.6. The molecule has 1 aromatic carbocycles. The van der Waals surface area contributed by atoms with Crippen molar-refractivity contribution in [3.8, 4) is 5.75 Å². The second-order valence-electron chi connectivity index (χ2n) is 4.28. The van der Waals surface area contributed by atoms with E-state index in [1.54, 1.807) is 6.92 Å². The molecule has 1 rings (SSSR count). The molecule has 0 amide bonds. The van der Waals surface area contributed by atoms with Gasteiger partial charge < -0.3 is 10.5 Å². The van der Waals surface area contributed by atoms with Crippen LogP contribution >= 0.6 is 12.4 Å². The van der Waals surface area contributed by atoms with Crippen LogP contribution in [-0.4, -0.2) is 11.5 Å². The number of hydrogen-bond acceptors (Lipinski definition) is 3. The van der Waals surface area contributed by atoms with Crippen molar-refractivity contribution in [3.63, 3.8) is 0 Å². The molecular weight excluding hydrogens is 245 g/mol. The van der Waals surface area contributed by atoms with Crippen LogP contribution in [-0.2, 0) is 4.79 Å². The molecule has 0 radical (unpaired) electrons. The number of carbonyl (C=O) groups excluding carboxylic acids is 1. The van der Waals surface area contributed by atoms with Crippen molar-refractivity contribution in [2.45, 2.75) is 26.3 Å². The third-order valence-corrected chi connectivity index (χ3v) is 2.66.